The Morgan fingerprint density at radius 1 is 1.35 bits per heavy atom. The average molecular weight is 251 g/mol. The average Bonchev–Trinajstić information content (AvgIpc) is 2.89. The fourth-order valence-corrected chi connectivity index (χ4v) is 2.57. The summed E-state index contributed by atoms with van der Waals surface area (Å²) in [6, 6.07) is 10.3. The van der Waals surface area contributed by atoms with Crippen LogP contribution < -0.4 is 0 Å². The second-order valence-corrected chi connectivity index (χ2v) is 5.12. The van der Waals surface area contributed by atoms with Crippen LogP contribution >= 0.6 is 11.8 Å². The van der Waals surface area contributed by atoms with Crippen LogP contribution in [0.1, 0.15) is 19.3 Å². The number of amides is 1. The van der Waals surface area contributed by atoms with Gasteiger partial charge < -0.3 is 0 Å². The first-order valence-corrected chi connectivity index (χ1v) is 6.96. The largest absolute Gasteiger partial charge is 0.273 e. The van der Waals surface area contributed by atoms with Crippen LogP contribution in [0, 0.1) is 0 Å². The zero-order valence-corrected chi connectivity index (χ0v) is 10.6. The highest BCUT2D eigenvalue weighted by atomic mass is 32.2. The van der Waals surface area contributed by atoms with Gasteiger partial charge in [-0.2, -0.15) is 0 Å². The lowest BCUT2D eigenvalue weighted by Gasteiger charge is -2.13. The van der Waals surface area contributed by atoms with Crippen molar-refractivity contribution in [1.29, 1.82) is 0 Å². The molecule has 4 heteroatoms. The summed E-state index contributed by atoms with van der Waals surface area (Å²) in [5.41, 5.74) is 0. The number of thioether (sulfide) groups is 1. The fourth-order valence-electron chi connectivity index (χ4n) is 1.70. The van der Waals surface area contributed by atoms with E-state index in [1.807, 2.05) is 18.2 Å². The molecule has 2 rings (SSSR count). The van der Waals surface area contributed by atoms with E-state index in [1.165, 1.54) is 9.96 Å². The van der Waals surface area contributed by atoms with Gasteiger partial charge in [0.05, 0.1) is 13.2 Å². The molecule has 1 heterocycles. The first kappa shape index (κ1) is 12.5. The number of hydrogen-bond acceptors (Lipinski definition) is 3. The molecule has 1 saturated heterocycles. The van der Waals surface area contributed by atoms with Crippen LogP contribution in [0.2, 0.25) is 0 Å². The minimum atomic E-state index is 0.121. The Kier molecular flexibility index (Phi) is 4.88. The second kappa shape index (κ2) is 6.67. The Balaban J connectivity index is 1.61. The fraction of sp³-hybridized carbons (Fsp3) is 0.462. The van der Waals surface area contributed by atoms with Crippen molar-refractivity contribution in [2.75, 3.05) is 18.9 Å². The summed E-state index contributed by atoms with van der Waals surface area (Å²) in [4.78, 5) is 18.1. The van der Waals surface area contributed by atoms with Crippen molar-refractivity contribution in [2.24, 2.45) is 0 Å². The van der Waals surface area contributed by atoms with Crippen LogP contribution in [0.3, 0.4) is 0 Å². The number of hydroxylamine groups is 2. The number of nitrogens with zero attached hydrogens (tertiary/aromatic N) is 1. The summed E-state index contributed by atoms with van der Waals surface area (Å²) in [7, 11) is 0. The third-order valence-corrected chi connectivity index (χ3v) is 3.68. The van der Waals surface area contributed by atoms with Gasteiger partial charge in [0.25, 0.3) is 0 Å². The normalized spacial score (nSPS) is 15.2. The molecule has 1 aliphatic rings. The highest BCUT2D eigenvalue weighted by Gasteiger charge is 2.18. The summed E-state index contributed by atoms with van der Waals surface area (Å²) in [5, 5.41) is 1.51. The first-order chi connectivity index (χ1) is 8.36. The number of benzene rings is 1. The molecule has 0 aliphatic carbocycles. The van der Waals surface area contributed by atoms with E-state index in [0.717, 1.165) is 25.1 Å². The molecule has 1 amide bonds. The number of carbonyl (C=O) groups excluding carboxylic acids is 1. The molecule has 3 nitrogen and oxygen atoms in total. The van der Waals surface area contributed by atoms with E-state index in [-0.39, 0.29) is 5.91 Å². The molecule has 0 saturated carbocycles. The van der Waals surface area contributed by atoms with Crippen LogP contribution in [0.15, 0.2) is 35.2 Å². The summed E-state index contributed by atoms with van der Waals surface area (Å²) in [6.45, 7) is 1.44. The Labute approximate surface area is 106 Å². The molecule has 17 heavy (non-hydrogen) atoms. The predicted octanol–water partition coefficient (Wildman–Crippen LogP) is 2.72. The maximum absolute atomic E-state index is 11.6. The van der Waals surface area contributed by atoms with Crippen molar-refractivity contribution in [3.05, 3.63) is 30.3 Å². The van der Waals surface area contributed by atoms with Gasteiger partial charge in [-0.25, -0.2) is 5.06 Å². The lowest BCUT2D eigenvalue weighted by Crippen LogP contribution is -2.26. The molecule has 0 atom stereocenters. The van der Waals surface area contributed by atoms with Gasteiger partial charge in [-0.15, -0.1) is 11.8 Å². The van der Waals surface area contributed by atoms with E-state index in [0.29, 0.717) is 13.0 Å². The third-order valence-electron chi connectivity index (χ3n) is 2.58. The monoisotopic (exact) mass is 251 g/mol. The molecule has 0 aromatic heterocycles. The van der Waals surface area contributed by atoms with E-state index in [4.69, 9.17) is 4.84 Å². The van der Waals surface area contributed by atoms with E-state index < -0.39 is 0 Å². The number of carbonyl (C=O) groups is 1. The summed E-state index contributed by atoms with van der Waals surface area (Å²) < 4.78 is 0. The van der Waals surface area contributed by atoms with Gasteiger partial charge in [-0.3, -0.25) is 9.63 Å². The summed E-state index contributed by atoms with van der Waals surface area (Å²) in [5.74, 6) is 1.10. The lowest BCUT2D eigenvalue weighted by atomic mass is 10.3. The molecule has 92 valence electrons. The Bertz CT molecular complexity index is 350. The molecule has 0 unspecified atom stereocenters. The van der Waals surface area contributed by atoms with Gasteiger partial charge in [-0.05, 0) is 30.7 Å². The molecule has 0 radical (unpaired) electrons. The zero-order valence-electron chi connectivity index (χ0n) is 9.80. The Morgan fingerprint density at radius 3 is 2.88 bits per heavy atom. The van der Waals surface area contributed by atoms with Crippen LogP contribution in [0.4, 0.5) is 0 Å². The van der Waals surface area contributed by atoms with Crippen molar-refractivity contribution in [1.82, 2.24) is 5.06 Å². The highest BCUT2D eigenvalue weighted by molar-refractivity contribution is 7.99. The standard InChI is InChI=1S/C13H17NO2S/c15-13(14-9-5-10-16-14)8-4-11-17-12-6-2-1-3-7-12/h1-3,6-7H,4-5,8-11H2. The van der Waals surface area contributed by atoms with E-state index >= 15 is 0 Å². The number of hydrogen-bond donors (Lipinski definition) is 0. The maximum Gasteiger partial charge on any atom is 0.246 e. The number of rotatable bonds is 5. The van der Waals surface area contributed by atoms with Crippen LogP contribution in [0.25, 0.3) is 0 Å². The van der Waals surface area contributed by atoms with E-state index in [1.54, 1.807) is 11.8 Å². The molecular formula is C13H17NO2S. The van der Waals surface area contributed by atoms with Crippen molar-refractivity contribution in [2.45, 2.75) is 24.2 Å². The van der Waals surface area contributed by atoms with Gasteiger partial charge in [0.1, 0.15) is 0 Å². The van der Waals surface area contributed by atoms with Crippen LogP contribution in [0.5, 0.6) is 0 Å². The van der Waals surface area contributed by atoms with Crippen molar-refractivity contribution < 1.29 is 9.63 Å². The van der Waals surface area contributed by atoms with Gasteiger partial charge in [0.15, 0.2) is 0 Å². The van der Waals surface area contributed by atoms with Crippen molar-refractivity contribution in [3.8, 4) is 0 Å². The summed E-state index contributed by atoms with van der Waals surface area (Å²) >= 11 is 1.79. The SMILES string of the molecule is O=C(CCCSc1ccccc1)N1CCCO1. The molecule has 0 N–H and O–H groups in total. The molecule has 0 bridgehead atoms. The minimum Gasteiger partial charge on any atom is -0.273 e. The van der Waals surface area contributed by atoms with Crippen molar-refractivity contribution in [3.63, 3.8) is 0 Å². The Morgan fingerprint density at radius 2 is 2.18 bits per heavy atom. The molecule has 0 spiro atoms. The zero-order chi connectivity index (χ0) is 11.9. The lowest BCUT2D eigenvalue weighted by molar-refractivity contribution is -0.168. The Hall–Kier alpha value is -1.00. The molecule has 1 aliphatic heterocycles. The third kappa shape index (κ3) is 4.06. The predicted molar refractivity (Wildman–Crippen MR) is 68.7 cm³/mol. The topological polar surface area (TPSA) is 29.5 Å². The first-order valence-electron chi connectivity index (χ1n) is 5.97. The second-order valence-electron chi connectivity index (χ2n) is 3.95. The highest BCUT2D eigenvalue weighted by Crippen LogP contribution is 2.19. The summed E-state index contributed by atoms with van der Waals surface area (Å²) in [6.07, 6.45) is 2.45. The maximum atomic E-state index is 11.6. The minimum absolute atomic E-state index is 0.121. The van der Waals surface area contributed by atoms with Gasteiger partial charge in [0.2, 0.25) is 5.91 Å². The van der Waals surface area contributed by atoms with Crippen LogP contribution in [-0.2, 0) is 9.63 Å². The van der Waals surface area contributed by atoms with Crippen molar-refractivity contribution >= 4 is 17.7 Å². The molecule has 1 fully saturated rings. The van der Waals surface area contributed by atoms with Crippen LogP contribution in [-0.4, -0.2) is 29.9 Å². The van der Waals surface area contributed by atoms with E-state index in [2.05, 4.69) is 12.1 Å². The van der Waals surface area contributed by atoms with Gasteiger partial charge >= 0.3 is 0 Å². The quantitative estimate of drug-likeness (QED) is 0.595. The molecule has 1 aromatic carbocycles. The molecule has 1 aromatic rings. The van der Waals surface area contributed by atoms with Gasteiger partial charge in [-0.1, -0.05) is 18.2 Å². The molecular weight excluding hydrogens is 234 g/mol. The van der Waals surface area contributed by atoms with Gasteiger partial charge in [0, 0.05) is 11.3 Å². The smallest absolute Gasteiger partial charge is 0.246 e. The van der Waals surface area contributed by atoms with E-state index in [9.17, 15) is 4.79 Å².